The van der Waals surface area contributed by atoms with E-state index in [4.69, 9.17) is 5.73 Å². The van der Waals surface area contributed by atoms with Crippen LogP contribution in [0.2, 0.25) is 0 Å². The average Bonchev–Trinajstić information content (AvgIpc) is 2.46. The molecule has 5 nitrogen and oxygen atoms in total. The summed E-state index contributed by atoms with van der Waals surface area (Å²) in [6.45, 7) is 0.0398. The van der Waals surface area contributed by atoms with Gasteiger partial charge in [-0.15, -0.1) is 0 Å². The fraction of sp³-hybridized carbons (Fsp3) is 0.125. The van der Waals surface area contributed by atoms with Gasteiger partial charge in [-0.25, -0.2) is 0 Å². The normalized spacial score (nSPS) is 13.5. The maximum absolute atomic E-state index is 12.5. The van der Waals surface area contributed by atoms with E-state index in [1.807, 2.05) is 30.3 Å². The first-order valence-electron chi connectivity index (χ1n) is 6.67. The molecular formula is C16H15N3O2. The molecule has 1 aliphatic rings. The maximum Gasteiger partial charge on any atom is 0.244 e. The number of nitrogens with two attached hydrogens (primary N) is 1. The average molecular weight is 281 g/mol. The number of amides is 2. The van der Waals surface area contributed by atoms with Gasteiger partial charge in [0.2, 0.25) is 11.8 Å². The van der Waals surface area contributed by atoms with Gasteiger partial charge in [0, 0.05) is 5.69 Å². The molecule has 0 unspecified atom stereocenters. The number of rotatable bonds is 2. The molecule has 0 bridgehead atoms. The summed E-state index contributed by atoms with van der Waals surface area (Å²) in [6.07, 6.45) is 0.215. The molecule has 2 aromatic carbocycles. The smallest absolute Gasteiger partial charge is 0.244 e. The minimum atomic E-state index is -0.186. The molecule has 1 aliphatic heterocycles. The molecule has 3 N–H and O–H groups in total. The van der Waals surface area contributed by atoms with E-state index in [-0.39, 0.29) is 24.8 Å². The van der Waals surface area contributed by atoms with Gasteiger partial charge in [-0.3, -0.25) is 9.59 Å². The van der Waals surface area contributed by atoms with Crippen LogP contribution in [0.5, 0.6) is 0 Å². The van der Waals surface area contributed by atoms with Gasteiger partial charge in [-0.05, 0) is 29.8 Å². The molecule has 0 radical (unpaired) electrons. The topological polar surface area (TPSA) is 75.4 Å². The molecule has 1 heterocycles. The Balaban J connectivity index is 1.86. The zero-order valence-corrected chi connectivity index (χ0v) is 11.4. The van der Waals surface area contributed by atoms with Gasteiger partial charge in [0.25, 0.3) is 0 Å². The van der Waals surface area contributed by atoms with E-state index >= 15 is 0 Å². The number of hydrogen-bond donors (Lipinski definition) is 2. The van der Waals surface area contributed by atoms with E-state index < -0.39 is 0 Å². The molecule has 0 fully saturated rings. The summed E-state index contributed by atoms with van der Waals surface area (Å²) in [5.41, 5.74) is 8.57. The van der Waals surface area contributed by atoms with Crippen molar-refractivity contribution in [2.45, 2.75) is 6.42 Å². The fourth-order valence-corrected chi connectivity index (χ4v) is 2.43. The Morgan fingerprint density at radius 1 is 1.19 bits per heavy atom. The standard InChI is InChI=1S/C16H15N3O2/c17-12-5-3-4-11(8-12)9-16(21)19-10-15(20)18-13-6-1-2-7-14(13)19/h1-8H,9-10,17H2,(H,18,20). The van der Waals surface area contributed by atoms with Crippen molar-refractivity contribution in [2.75, 3.05) is 22.5 Å². The maximum atomic E-state index is 12.5. The zero-order chi connectivity index (χ0) is 14.8. The number of carbonyl (C=O) groups is 2. The van der Waals surface area contributed by atoms with Crippen LogP contribution < -0.4 is 16.0 Å². The Kier molecular flexibility index (Phi) is 3.31. The van der Waals surface area contributed by atoms with Gasteiger partial charge in [0.1, 0.15) is 6.54 Å². The largest absolute Gasteiger partial charge is 0.399 e. The van der Waals surface area contributed by atoms with Gasteiger partial charge in [-0.1, -0.05) is 24.3 Å². The SMILES string of the molecule is Nc1cccc(CC(=O)N2CC(=O)Nc3ccccc32)c1. The Morgan fingerprint density at radius 2 is 2.00 bits per heavy atom. The number of para-hydroxylation sites is 2. The molecule has 106 valence electrons. The minimum absolute atomic E-state index is 0.0398. The molecular weight excluding hydrogens is 266 g/mol. The van der Waals surface area contributed by atoms with Gasteiger partial charge in [-0.2, -0.15) is 0 Å². The zero-order valence-electron chi connectivity index (χ0n) is 11.4. The van der Waals surface area contributed by atoms with Crippen molar-refractivity contribution in [3.05, 3.63) is 54.1 Å². The second-order valence-electron chi connectivity index (χ2n) is 4.97. The number of carbonyl (C=O) groups excluding carboxylic acids is 2. The first-order valence-corrected chi connectivity index (χ1v) is 6.67. The monoisotopic (exact) mass is 281 g/mol. The number of fused-ring (bicyclic) bond motifs is 1. The molecule has 21 heavy (non-hydrogen) atoms. The molecule has 0 aliphatic carbocycles. The van der Waals surface area contributed by atoms with Crippen LogP contribution >= 0.6 is 0 Å². The van der Waals surface area contributed by atoms with Crippen molar-refractivity contribution >= 4 is 28.9 Å². The molecule has 0 saturated heterocycles. The molecule has 0 atom stereocenters. The highest BCUT2D eigenvalue weighted by Crippen LogP contribution is 2.29. The van der Waals surface area contributed by atoms with Crippen LogP contribution in [0.3, 0.4) is 0 Å². The second-order valence-corrected chi connectivity index (χ2v) is 4.97. The molecule has 5 heteroatoms. The summed E-state index contributed by atoms with van der Waals surface area (Å²) >= 11 is 0. The summed E-state index contributed by atoms with van der Waals surface area (Å²) in [5.74, 6) is -0.308. The Hall–Kier alpha value is -2.82. The number of benzene rings is 2. The number of anilines is 3. The van der Waals surface area contributed by atoms with E-state index in [0.29, 0.717) is 11.4 Å². The molecule has 0 saturated carbocycles. The third-order valence-electron chi connectivity index (χ3n) is 3.38. The lowest BCUT2D eigenvalue weighted by atomic mass is 10.1. The molecule has 3 rings (SSSR count). The van der Waals surface area contributed by atoms with Crippen LogP contribution in [0, 0.1) is 0 Å². The molecule has 0 spiro atoms. The van der Waals surface area contributed by atoms with E-state index in [1.54, 1.807) is 18.2 Å². The first kappa shape index (κ1) is 13.2. The Bertz CT molecular complexity index is 712. The van der Waals surface area contributed by atoms with Crippen LogP contribution in [0.4, 0.5) is 17.1 Å². The number of hydrogen-bond acceptors (Lipinski definition) is 3. The van der Waals surface area contributed by atoms with Crippen LogP contribution in [-0.4, -0.2) is 18.4 Å². The predicted molar refractivity (Wildman–Crippen MR) is 82.0 cm³/mol. The lowest BCUT2D eigenvalue weighted by Gasteiger charge is -2.29. The van der Waals surface area contributed by atoms with Crippen molar-refractivity contribution in [1.82, 2.24) is 0 Å². The highest BCUT2D eigenvalue weighted by Gasteiger charge is 2.26. The van der Waals surface area contributed by atoms with E-state index in [1.165, 1.54) is 4.90 Å². The Morgan fingerprint density at radius 3 is 2.81 bits per heavy atom. The number of nitrogen functional groups attached to an aromatic ring is 1. The first-order chi connectivity index (χ1) is 10.1. The highest BCUT2D eigenvalue weighted by atomic mass is 16.2. The third kappa shape index (κ3) is 2.72. The number of nitrogens with zero attached hydrogens (tertiary/aromatic N) is 1. The quantitative estimate of drug-likeness (QED) is 0.824. The van der Waals surface area contributed by atoms with Gasteiger partial charge >= 0.3 is 0 Å². The third-order valence-corrected chi connectivity index (χ3v) is 3.38. The highest BCUT2D eigenvalue weighted by molar-refractivity contribution is 6.10. The van der Waals surface area contributed by atoms with Crippen LogP contribution in [0.25, 0.3) is 0 Å². The number of nitrogens with one attached hydrogen (secondary N) is 1. The van der Waals surface area contributed by atoms with Crippen molar-refractivity contribution < 1.29 is 9.59 Å². The van der Waals surface area contributed by atoms with E-state index in [2.05, 4.69) is 5.32 Å². The van der Waals surface area contributed by atoms with Gasteiger partial charge < -0.3 is 16.0 Å². The second kappa shape index (κ2) is 5.28. The van der Waals surface area contributed by atoms with Crippen molar-refractivity contribution in [1.29, 1.82) is 0 Å². The predicted octanol–water partition coefficient (Wildman–Crippen LogP) is 1.80. The van der Waals surface area contributed by atoms with Crippen LogP contribution in [0.15, 0.2) is 48.5 Å². The summed E-state index contributed by atoms with van der Waals surface area (Å²) in [4.78, 5) is 25.7. The Labute approximate surface area is 122 Å². The minimum Gasteiger partial charge on any atom is -0.399 e. The van der Waals surface area contributed by atoms with Crippen molar-refractivity contribution in [2.24, 2.45) is 0 Å². The summed E-state index contributed by atoms with van der Waals surface area (Å²) in [6, 6.07) is 14.5. The van der Waals surface area contributed by atoms with Gasteiger partial charge in [0.15, 0.2) is 0 Å². The summed E-state index contributed by atoms with van der Waals surface area (Å²) in [5, 5.41) is 2.76. The lowest BCUT2D eigenvalue weighted by Crippen LogP contribution is -2.42. The summed E-state index contributed by atoms with van der Waals surface area (Å²) < 4.78 is 0. The van der Waals surface area contributed by atoms with E-state index in [9.17, 15) is 9.59 Å². The molecule has 2 aromatic rings. The van der Waals surface area contributed by atoms with Crippen LogP contribution in [-0.2, 0) is 16.0 Å². The lowest BCUT2D eigenvalue weighted by molar-refractivity contribution is -0.121. The van der Waals surface area contributed by atoms with Crippen molar-refractivity contribution in [3.8, 4) is 0 Å². The van der Waals surface area contributed by atoms with Crippen LogP contribution in [0.1, 0.15) is 5.56 Å². The molecule has 0 aromatic heterocycles. The fourth-order valence-electron chi connectivity index (χ4n) is 2.43. The van der Waals surface area contributed by atoms with Gasteiger partial charge in [0.05, 0.1) is 17.8 Å². The molecule has 2 amide bonds. The summed E-state index contributed by atoms with van der Waals surface area (Å²) in [7, 11) is 0. The van der Waals surface area contributed by atoms with Crippen molar-refractivity contribution in [3.63, 3.8) is 0 Å². The van der Waals surface area contributed by atoms with E-state index in [0.717, 1.165) is 11.3 Å².